The molecule has 2 heteroatoms. The van der Waals surface area contributed by atoms with Crippen LogP contribution < -0.4 is 0 Å². The van der Waals surface area contributed by atoms with Gasteiger partial charge in [-0.1, -0.05) is 19.8 Å². The summed E-state index contributed by atoms with van der Waals surface area (Å²) in [5.74, 6) is 0. The molecular weight excluding hydrogens is 162 g/mol. The quantitative estimate of drug-likeness (QED) is 0.620. The summed E-state index contributed by atoms with van der Waals surface area (Å²) in [6.07, 6.45) is 7.93. The standard InChI is InChI=1S/C11H21NO/c1-2-6-10-11(13-10)9-12-7-4-3-5-8-12/h10-11H,2-9H2,1H3/t10-,11-/m1/s1. The first-order valence-corrected chi connectivity index (χ1v) is 5.78. The molecule has 2 fully saturated rings. The van der Waals surface area contributed by atoms with Crippen LogP contribution in [0.1, 0.15) is 39.0 Å². The highest BCUT2D eigenvalue weighted by molar-refractivity contribution is 4.87. The Morgan fingerprint density at radius 2 is 1.92 bits per heavy atom. The van der Waals surface area contributed by atoms with Crippen LogP contribution in [0.2, 0.25) is 0 Å². The van der Waals surface area contributed by atoms with Crippen LogP contribution in [-0.4, -0.2) is 36.7 Å². The molecule has 76 valence electrons. The van der Waals surface area contributed by atoms with E-state index in [0.717, 1.165) is 0 Å². The zero-order valence-electron chi connectivity index (χ0n) is 8.67. The summed E-state index contributed by atoms with van der Waals surface area (Å²) >= 11 is 0. The van der Waals surface area contributed by atoms with E-state index in [-0.39, 0.29) is 0 Å². The van der Waals surface area contributed by atoms with Crippen LogP contribution in [-0.2, 0) is 4.74 Å². The van der Waals surface area contributed by atoms with Crippen molar-refractivity contribution in [1.82, 2.24) is 4.90 Å². The van der Waals surface area contributed by atoms with Crippen molar-refractivity contribution < 1.29 is 4.74 Å². The Bertz CT molecular complexity index is 154. The van der Waals surface area contributed by atoms with Gasteiger partial charge < -0.3 is 9.64 Å². The highest BCUT2D eigenvalue weighted by atomic mass is 16.6. The average Bonchev–Trinajstić information content (AvgIpc) is 2.86. The molecule has 0 spiro atoms. The Morgan fingerprint density at radius 3 is 2.62 bits per heavy atom. The van der Waals surface area contributed by atoms with Gasteiger partial charge in [-0.25, -0.2) is 0 Å². The molecule has 2 aliphatic rings. The van der Waals surface area contributed by atoms with Crippen molar-refractivity contribution >= 4 is 0 Å². The van der Waals surface area contributed by atoms with E-state index in [2.05, 4.69) is 11.8 Å². The van der Waals surface area contributed by atoms with Gasteiger partial charge in [0.2, 0.25) is 0 Å². The molecule has 0 aliphatic carbocycles. The third kappa shape index (κ3) is 2.68. The summed E-state index contributed by atoms with van der Waals surface area (Å²) in [5, 5.41) is 0. The van der Waals surface area contributed by atoms with E-state index in [1.54, 1.807) is 0 Å². The minimum absolute atomic E-state index is 0.582. The summed E-state index contributed by atoms with van der Waals surface area (Å²) in [4.78, 5) is 2.57. The van der Waals surface area contributed by atoms with Crippen molar-refractivity contribution in [3.63, 3.8) is 0 Å². The third-order valence-electron chi connectivity index (χ3n) is 3.15. The minimum Gasteiger partial charge on any atom is -0.368 e. The molecule has 0 radical (unpaired) electrons. The van der Waals surface area contributed by atoms with Gasteiger partial charge in [-0.2, -0.15) is 0 Å². The second-order valence-electron chi connectivity index (χ2n) is 4.36. The van der Waals surface area contributed by atoms with Crippen LogP contribution in [0.4, 0.5) is 0 Å². The fraction of sp³-hybridized carbons (Fsp3) is 1.00. The van der Waals surface area contributed by atoms with Gasteiger partial charge in [0.25, 0.3) is 0 Å². The Kier molecular flexibility index (Phi) is 3.23. The summed E-state index contributed by atoms with van der Waals surface area (Å²) in [6.45, 7) is 6.04. The van der Waals surface area contributed by atoms with Crippen molar-refractivity contribution in [2.75, 3.05) is 19.6 Å². The molecule has 0 saturated carbocycles. The number of rotatable bonds is 4. The van der Waals surface area contributed by atoms with E-state index in [9.17, 15) is 0 Å². The van der Waals surface area contributed by atoms with Gasteiger partial charge in [0.1, 0.15) is 0 Å². The van der Waals surface area contributed by atoms with Crippen LogP contribution >= 0.6 is 0 Å². The summed E-state index contributed by atoms with van der Waals surface area (Å²) in [5.41, 5.74) is 0. The maximum atomic E-state index is 5.62. The maximum absolute atomic E-state index is 5.62. The number of hydrogen-bond donors (Lipinski definition) is 0. The van der Waals surface area contributed by atoms with Crippen molar-refractivity contribution in [2.45, 2.75) is 51.2 Å². The fourth-order valence-electron chi connectivity index (χ4n) is 2.27. The monoisotopic (exact) mass is 183 g/mol. The van der Waals surface area contributed by atoms with Gasteiger partial charge >= 0.3 is 0 Å². The SMILES string of the molecule is CCC[C@H]1O[C@@H]1CN1CCCCC1. The first kappa shape index (κ1) is 9.47. The molecule has 0 aromatic rings. The van der Waals surface area contributed by atoms with Crippen LogP contribution in [0, 0.1) is 0 Å². The van der Waals surface area contributed by atoms with Crippen molar-refractivity contribution in [2.24, 2.45) is 0 Å². The zero-order valence-corrected chi connectivity index (χ0v) is 8.67. The lowest BCUT2D eigenvalue weighted by Crippen LogP contribution is -2.33. The first-order valence-electron chi connectivity index (χ1n) is 5.78. The van der Waals surface area contributed by atoms with E-state index >= 15 is 0 Å². The van der Waals surface area contributed by atoms with Gasteiger partial charge in [0, 0.05) is 6.54 Å². The minimum atomic E-state index is 0.582. The van der Waals surface area contributed by atoms with E-state index in [1.165, 1.54) is 51.7 Å². The molecule has 0 bridgehead atoms. The lowest BCUT2D eigenvalue weighted by molar-refractivity contribution is 0.206. The van der Waals surface area contributed by atoms with Crippen LogP contribution in [0.15, 0.2) is 0 Å². The van der Waals surface area contributed by atoms with Crippen molar-refractivity contribution in [3.05, 3.63) is 0 Å². The number of piperidine rings is 1. The zero-order chi connectivity index (χ0) is 9.10. The molecule has 0 amide bonds. The Balaban J connectivity index is 1.62. The molecule has 0 aromatic carbocycles. The predicted octanol–water partition coefficient (Wildman–Crippen LogP) is 2.04. The molecule has 2 aliphatic heterocycles. The van der Waals surface area contributed by atoms with Gasteiger partial charge in [-0.3, -0.25) is 0 Å². The molecule has 2 heterocycles. The Hall–Kier alpha value is -0.0800. The van der Waals surface area contributed by atoms with Gasteiger partial charge in [-0.15, -0.1) is 0 Å². The maximum Gasteiger partial charge on any atom is 0.0968 e. The molecule has 0 N–H and O–H groups in total. The van der Waals surface area contributed by atoms with E-state index in [0.29, 0.717) is 12.2 Å². The molecule has 2 saturated heterocycles. The average molecular weight is 183 g/mol. The Morgan fingerprint density at radius 1 is 1.15 bits per heavy atom. The number of hydrogen-bond acceptors (Lipinski definition) is 2. The number of nitrogens with zero attached hydrogens (tertiary/aromatic N) is 1. The van der Waals surface area contributed by atoms with Crippen LogP contribution in [0.25, 0.3) is 0 Å². The van der Waals surface area contributed by atoms with Gasteiger partial charge in [-0.05, 0) is 32.4 Å². The van der Waals surface area contributed by atoms with Gasteiger partial charge in [0.05, 0.1) is 12.2 Å². The predicted molar refractivity (Wildman–Crippen MR) is 53.9 cm³/mol. The molecule has 2 rings (SSSR count). The topological polar surface area (TPSA) is 15.8 Å². The highest BCUT2D eigenvalue weighted by Gasteiger charge is 2.38. The molecular formula is C11H21NO. The molecule has 0 aromatic heterocycles. The van der Waals surface area contributed by atoms with Crippen molar-refractivity contribution in [1.29, 1.82) is 0 Å². The number of likely N-dealkylation sites (tertiary alicyclic amines) is 1. The number of epoxide rings is 1. The lowest BCUT2D eigenvalue weighted by atomic mass is 10.1. The smallest absolute Gasteiger partial charge is 0.0968 e. The first-order chi connectivity index (χ1) is 6.40. The largest absolute Gasteiger partial charge is 0.368 e. The second kappa shape index (κ2) is 4.43. The Labute approximate surface area is 81.3 Å². The summed E-state index contributed by atoms with van der Waals surface area (Å²) < 4.78 is 5.62. The molecule has 2 nitrogen and oxygen atoms in total. The molecule has 0 unspecified atom stereocenters. The third-order valence-corrected chi connectivity index (χ3v) is 3.15. The molecule has 13 heavy (non-hydrogen) atoms. The summed E-state index contributed by atoms with van der Waals surface area (Å²) in [7, 11) is 0. The summed E-state index contributed by atoms with van der Waals surface area (Å²) in [6, 6.07) is 0. The van der Waals surface area contributed by atoms with E-state index in [4.69, 9.17) is 4.74 Å². The lowest BCUT2D eigenvalue weighted by Gasteiger charge is -2.25. The van der Waals surface area contributed by atoms with Crippen molar-refractivity contribution in [3.8, 4) is 0 Å². The molecule has 2 atom stereocenters. The highest BCUT2D eigenvalue weighted by Crippen LogP contribution is 2.27. The van der Waals surface area contributed by atoms with Crippen LogP contribution in [0.5, 0.6) is 0 Å². The number of ether oxygens (including phenoxy) is 1. The fourth-order valence-corrected chi connectivity index (χ4v) is 2.27. The normalized spacial score (nSPS) is 34.8. The van der Waals surface area contributed by atoms with Crippen LogP contribution in [0.3, 0.4) is 0 Å². The van der Waals surface area contributed by atoms with E-state index in [1.807, 2.05) is 0 Å². The van der Waals surface area contributed by atoms with Gasteiger partial charge in [0.15, 0.2) is 0 Å². The van der Waals surface area contributed by atoms with E-state index < -0.39 is 0 Å². The second-order valence-corrected chi connectivity index (χ2v) is 4.36.